The SMILES string of the molecule is Bc1cccc2cnc(Nc3ccc(N4CCN(C)CC4)cc3OC)nc12. The van der Waals surface area contributed by atoms with Gasteiger partial charge in [-0.15, -0.1) is 0 Å². The number of likely N-dealkylation sites (N-methyl/N-ethyl adjacent to an activating group) is 1. The lowest BCUT2D eigenvalue weighted by Crippen LogP contribution is -2.44. The van der Waals surface area contributed by atoms with E-state index in [1.807, 2.05) is 24.4 Å². The molecule has 0 aliphatic carbocycles. The molecule has 0 unspecified atom stereocenters. The molecule has 1 aliphatic heterocycles. The number of nitrogens with zero attached hydrogens (tertiary/aromatic N) is 4. The number of ether oxygens (including phenoxy) is 1. The van der Waals surface area contributed by atoms with Crippen molar-refractivity contribution in [2.24, 2.45) is 0 Å². The van der Waals surface area contributed by atoms with Crippen molar-refractivity contribution in [2.75, 3.05) is 50.6 Å². The van der Waals surface area contributed by atoms with E-state index in [2.05, 4.69) is 58.2 Å². The zero-order valence-electron chi connectivity index (χ0n) is 16.1. The van der Waals surface area contributed by atoms with Gasteiger partial charge in [-0.2, -0.15) is 0 Å². The molecular weight excluding hydrogens is 337 g/mol. The molecule has 0 saturated carbocycles. The second kappa shape index (κ2) is 7.44. The lowest BCUT2D eigenvalue weighted by atomic mass is 9.94. The Kier molecular flexibility index (Phi) is 4.86. The topological polar surface area (TPSA) is 53.5 Å². The van der Waals surface area contributed by atoms with E-state index < -0.39 is 0 Å². The molecule has 0 radical (unpaired) electrons. The first-order valence-electron chi connectivity index (χ1n) is 9.25. The number of piperazine rings is 1. The highest BCUT2D eigenvalue weighted by atomic mass is 16.5. The Hall–Kier alpha value is -2.80. The predicted octanol–water partition coefficient (Wildman–Crippen LogP) is 1.39. The molecule has 0 amide bonds. The Bertz CT molecular complexity index is 956. The van der Waals surface area contributed by atoms with Crippen LogP contribution in [0.15, 0.2) is 42.6 Å². The molecule has 3 aromatic rings. The van der Waals surface area contributed by atoms with Crippen LogP contribution in [-0.2, 0) is 0 Å². The van der Waals surface area contributed by atoms with Gasteiger partial charge in [0.25, 0.3) is 0 Å². The first-order chi connectivity index (χ1) is 13.1. The van der Waals surface area contributed by atoms with E-state index in [4.69, 9.17) is 4.74 Å². The standard InChI is InChI=1S/C20H24BN5O/c1-25-8-10-26(11-9-25)15-6-7-17(18(12-15)27-2)23-20-22-13-14-4-3-5-16(21)19(14)24-20/h3-7,12-13H,8-11,21H2,1-2H3,(H,22,23,24). The first kappa shape index (κ1) is 17.6. The average molecular weight is 361 g/mol. The van der Waals surface area contributed by atoms with E-state index in [-0.39, 0.29) is 0 Å². The maximum atomic E-state index is 5.63. The summed E-state index contributed by atoms with van der Waals surface area (Å²) in [5, 5.41) is 4.35. The number of benzene rings is 2. The summed E-state index contributed by atoms with van der Waals surface area (Å²) in [6.07, 6.45) is 1.85. The van der Waals surface area contributed by atoms with Crippen LogP contribution < -0.4 is 20.4 Å². The third-order valence-electron chi connectivity index (χ3n) is 5.11. The highest BCUT2D eigenvalue weighted by Crippen LogP contribution is 2.31. The zero-order valence-corrected chi connectivity index (χ0v) is 16.1. The molecule has 2 heterocycles. The quantitative estimate of drug-likeness (QED) is 0.709. The minimum absolute atomic E-state index is 0.572. The zero-order chi connectivity index (χ0) is 18.8. The molecule has 4 rings (SSSR count). The molecule has 138 valence electrons. The molecular formula is C20H24BN5O. The van der Waals surface area contributed by atoms with Crippen LogP contribution in [0.25, 0.3) is 10.9 Å². The monoisotopic (exact) mass is 361 g/mol. The summed E-state index contributed by atoms with van der Waals surface area (Å²) < 4.78 is 5.63. The lowest BCUT2D eigenvalue weighted by molar-refractivity contribution is 0.312. The molecule has 0 atom stereocenters. The number of hydrogen-bond donors (Lipinski definition) is 1. The van der Waals surface area contributed by atoms with Gasteiger partial charge in [-0.1, -0.05) is 23.7 Å². The van der Waals surface area contributed by atoms with Gasteiger partial charge < -0.3 is 19.9 Å². The summed E-state index contributed by atoms with van der Waals surface area (Å²) in [4.78, 5) is 13.9. The second-order valence-electron chi connectivity index (χ2n) is 7.01. The van der Waals surface area contributed by atoms with Crippen molar-refractivity contribution in [2.45, 2.75) is 0 Å². The molecule has 1 N–H and O–H groups in total. The molecule has 1 saturated heterocycles. The molecule has 7 heteroatoms. The van der Waals surface area contributed by atoms with Gasteiger partial charge >= 0.3 is 0 Å². The summed E-state index contributed by atoms with van der Waals surface area (Å²) in [7, 11) is 5.92. The van der Waals surface area contributed by atoms with Crippen molar-refractivity contribution in [1.29, 1.82) is 0 Å². The number of methoxy groups -OCH3 is 1. The number of nitrogens with one attached hydrogen (secondary N) is 1. The fourth-order valence-electron chi connectivity index (χ4n) is 3.43. The highest BCUT2D eigenvalue weighted by Gasteiger charge is 2.16. The summed E-state index contributed by atoms with van der Waals surface area (Å²) in [6, 6.07) is 12.4. The van der Waals surface area contributed by atoms with E-state index in [0.29, 0.717) is 5.95 Å². The third-order valence-corrected chi connectivity index (χ3v) is 5.11. The van der Waals surface area contributed by atoms with Gasteiger partial charge in [-0.25, -0.2) is 9.97 Å². The van der Waals surface area contributed by atoms with E-state index in [9.17, 15) is 0 Å². The van der Waals surface area contributed by atoms with Crippen molar-refractivity contribution in [1.82, 2.24) is 14.9 Å². The van der Waals surface area contributed by atoms with Crippen LogP contribution in [0.1, 0.15) is 0 Å². The van der Waals surface area contributed by atoms with E-state index in [1.54, 1.807) is 7.11 Å². The van der Waals surface area contributed by atoms with Crippen molar-refractivity contribution in [3.63, 3.8) is 0 Å². The van der Waals surface area contributed by atoms with Gasteiger partial charge in [0.1, 0.15) is 13.6 Å². The summed E-state index contributed by atoms with van der Waals surface area (Å²) in [5.74, 6) is 1.36. The third kappa shape index (κ3) is 3.69. The van der Waals surface area contributed by atoms with Crippen LogP contribution in [0.3, 0.4) is 0 Å². The Balaban J connectivity index is 1.59. The van der Waals surface area contributed by atoms with Gasteiger partial charge in [0.2, 0.25) is 5.95 Å². The second-order valence-corrected chi connectivity index (χ2v) is 7.01. The number of para-hydroxylation sites is 1. The van der Waals surface area contributed by atoms with E-state index in [1.165, 1.54) is 5.69 Å². The summed E-state index contributed by atoms with van der Waals surface area (Å²) >= 11 is 0. The molecule has 2 aromatic carbocycles. The highest BCUT2D eigenvalue weighted by molar-refractivity contribution is 6.38. The molecule has 1 aromatic heterocycles. The van der Waals surface area contributed by atoms with Crippen LogP contribution >= 0.6 is 0 Å². The maximum absolute atomic E-state index is 5.63. The molecule has 1 aliphatic rings. The normalized spacial score (nSPS) is 15.1. The van der Waals surface area contributed by atoms with Crippen LogP contribution in [0.4, 0.5) is 17.3 Å². The van der Waals surface area contributed by atoms with Crippen LogP contribution in [0.5, 0.6) is 5.75 Å². The van der Waals surface area contributed by atoms with Gasteiger partial charge in [0.05, 0.1) is 18.3 Å². The predicted molar refractivity (Wildman–Crippen MR) is 114 cm³/mol. The number of rotatable bonds is 4. The minimum atomic E-state index is 0.572. The van der Waals surface area contributed by atoms with E-state index in [0.717, 1.165) is 54.0 Å². The van der Waals surface area contributed by atoms with Crippen molar-refractivity contribution < 1.29 is 4.74 Å². The maximum Gasteiger partial charge on any atom is 0.227 e. The fraction of sp³-hybridized carbons (Fsp3) is 0.300. The van der Waals surface area contributed by atoms with Gasteiger partial charge in [0.15, 0.2) is 0 Å². The Labute approximate surface area is 160 Å². The number of hydrogen-bond acceptors (Lipinski definition) is 6. The van der Waals surface area contributed by atoms with Crippen LogP contribution in [-0.4, -0.2) is 63.1 Å². The molecule has 6 nitrogen and oxygen atoms in total. The lowest BCUT2D eigenvalue weighted by Gasteiger charge is -2.34. The van der Waals surface area contributed by atoms with Crippen molar-refractivity contribution in [3.05, 3.63) is 42.6 Å². The van der Waals surface area contributed by atoms with Crippen molar-refractivity contribution >= 4 is 41.5 Å². The van der Waals surface area contributed by atoms with Crippen LogP contribution in [0.2, 0.25) is 0 Å². The number of fused-ring (bicyclic) bond motifs is 1. The Morgan fingerprint density at radius 2 is 1.93 bits per heavy atom. The molecule has 0 bridgehead atoms. The van der Waals surface area contributed by atoms with Gasteiger partial charge in [-0.05, 0) is 19.2 Å². The smallest absolute Gasteiger partial charge is 0.227 e. The number of anilines is 3. The minimum Gasteiger partial charge on any atom is -0.494 e. The van der Waals surface area contributed by atoms with E-state index >= 15 is 0 Å². The van der Waals surface area contributed by atoms with Crippen LogP contribution in [0, 0.1) is 0 Å². The fourth-order valence-corrected chi connectivity index (χ4v) is 3.43. The Morgan fingerprint density at radius 3 is 2.70 bits per heavy atom. The Morgan fingerprint density at radius 1 is 1.11 bits per heavy atom. The molecule has 0 spiro atoms. The molecule has 27 heavy (non-hydrogen) atoms. The van der Waals surface area contributed by atoms with Crippen molar-refractivity contribution in [3.8, 4) is 5.75 Å². The van der Waals surface area contributed by atoms with Gasteiger partial charge in [0, 0.05) is 49.5 Å². The molecule has 1 fully saturated rings. The number of aromatic nitrogens is 2. The average Bonchev–Trinajstić information content (AvgIpc) is 2.69. The first-order valence-corrected chi connectivity index (χ1v) is 9.25. The largest absolute Gasteiger partial charge is 0.494 e. The summed E-state index contributed by atoms with van der Waals surface area (Å²) in [5.41, 5.74) is 4.14. The van der Waals surface area contributed by atoms with Gasteiger partial charge in [-0.3, -0.25) is 0 Å². The summed E-state index contributed by atoms with van der Waals surface area (Å²) in [6.45, 7) is 4.21.